The maximum Gasteiger partial charge on any atom is 0.151 e. The van der Waals surface area contributed by atoms with Crippen LogP contribution in [-0.4, -0.2) is 53.7 Å². The molecule has 4 heterocycles. The Hall–Kier alpha value is -2.77. The van der Waals surface area contributed by atoms with Gasteiger partial charge in [0.25, 0.3) is 0 Å². The van der Waals surface area contributed by atoms with Crippen molar-refractivity contribution in [3.05, 3.63) is 46.2 Å². The van der Waals surface area contributed by atoms with Gasteiger partial charge in [-0.2, -0.15) is 5.10 Å². The normalized spacial score (nSPS) is 21.6. The Labute approximate surface area is 207 Å². The predicted molar refractivity (Wildman–Crippen MR) is 142 cm³/mol. The topological polar surface area (TPSA) is 79.6 Å². The van der Waals surface area contributed by atoms with Crippen LogP contribution in [0.15, 0.2) is 28.4 Å². The van der Waals surface area contributed by atoms with E-state index >= 15 is 0 Å². The Kier molecular flexibility index (Phi) is 6.64. The van der Waals surface area contributed by atoms with E-state index in [9.17, 15) is 0 Å². The van der Waals surface area contributed by atoms with E-state index in [2.05, 4.69) is 66.9 Å². The van der Waals surface area contributed by atoms with Crippen LogP contribution in [-0.2, 0) is 4.74 Å². The zero-order valence-corrected chi connectivity index (χ0v) is 21.7. The van der Waals surface area contributed by atoms with Crippen LogP contribution in [0.25, 0.3) is 22.3 Å². The van der Waals surface area contributed by atoms with Gasteiger partial charge in [0.05, 0.1) is 36.0 Å². The number of ether oxygens (including phenoxy) is 1. The molecule has 0 aromatic carbocycles. The average molecular weight is 475 g/mol. The third-order valence-corrected chi connectivity index (χ3v) is 7.94. The predicted octanol–water partition coefficient (Wildman–Crippen LogP) is 4.78. The number of hydrogen-bond acceptors (Lipinski definition) is 5. The molecule has 2 fully saturated rings. The highest BCUT2D eigenvalue weighted by atomic mass is 16.5. The summed E-state index contributed by atoms with van der Waals surface area (Å²) in [7, 11) is 1.79. The molecule has 2 N–H and O–H groups in total. The smallest absolute Gasteiger partial charge is 0.151 e. The molecule has 3 aromatic heterocycles. The third kappa shape index (κ3) is 4.36. The van der Waals surface area contributed by atoms with Crippen molar-refractivity contribution in [2.24, 2.45) is 10.1 Å². The Morgan fingerprint density at radius 1 is 1.11 bits per heavy atom. The summed E-state index contributed by atoms with van der Waals surface area (Å²) in [4.78, 5) is 13.4. The average Bonchev–Trinajstić information content (AvgIpc) is 3.22. The van der Waals surface area contributed by atoms with Gasteiger partial charge in [-0.15, -0.1) is 0 Å². The van der Waals surface area contributed by atoms with Crippen molar-refractivity contribution in [3.63, 3.8) is 0 Å². The lowest BCUT2D eigenvalue weighted by molar-refractivity contribution is -0.0121. The fourth-order valence-corrected chi connectivity index (χ4v) is 5.78. The molecule has 0 atom stereocenters. The molecule has 0 bridgehead atoms. The van der Waals surface area contributed by atoms with E-state index in [0.717, 1.165) is 46.6 Å². The molecule has 0 radical (unpaired) electrons. The molecule has 2 aliphatic rings. The van der Waals surface area contributed by atoms with E-state index in [1.54, 1.807) is 11.7 Å². The molecule has 1 aliphatic carbocycles. The summed E-state index contributed by atoms with van der Waals surface area (Å²) in [5, 5.41) is 7.96. The quantitative estimate of drug-likeness (QED) is 0.505. The number of rotatable bonds is 6. The van der Waals surface area contributed by atoms with E-state index in [0.29, 0.717) is 23.9 Å². The first-order chi connectivity index (χ1) is 16.9. The fraction of sp³-hybridized carbons (Fsp3) is 0.536. The number of aromatic amines is 1. The van der Waals surface area contributed by atoms with Crippen LogP contribution in [0.3, 0.4) is 0 Å². The highest BCUT2D eigenvalue weighted by Gasteiger charge is 2.28. The van der Waals surface area contributed by atoms with Crippen LogP contribution in [0.4, 0.5) is 0 Å². The van der Waals surface area contributed by atoms with Crippen LogP contribution in [0, 0.1) is 13.8 Å². The number of nitrogens with zero attached hydrogens (tertiary/aromatic N) is 4. The minimum Gasteiger partial charge on any atom is -0.378 e. The van der Waals surface area contributed by atoms with Crippen LogP contribution in [0.1, 0.15) is 73.8 Å². The standard InChI is InChI=1S/C28H38N6O/c1-16(2)25-26(22-13-34(30-6)28(29-5)18(4)17(22)3)33-24-12-11-23(32-27(24)25)19-7-9-20(10-8-19)31-21-14-35-15-21/h11-13,16,19-21,31,33H,6-10,14-15H2,1-5H3/b29-28-. The SMILES string of the molecule is C=Nn1cc(-c2[nH]c3ccc(C4CCC(NC5COC5)CC4)nc3c2C(C)C)c(C)c(C)/c1=N/C. The van der Waals surface area contributed by atoms with Gasteiger partial charge in [0.2, 0.25) is 0 Å². The van der Waals surface area contributed by atoms with E-state index in [1.165, 1.54) is 42.5 Å². The third-order valence-electron chi connectivity index (χ3n) is 7.94. The number of hydrogen-bond donors (Lipinski definition) is 2. The van der Waals surface area contributed by atoms with Gasteiger partial charge >= 0.3 is 0 Å². The first-order valence-electron chi connectivity index (χ1n) is 12.9. The number of aromatic nitrogens is 3. The molecule has 35 heavy (non-hydrogen) atoms. The Morgan fingerprint density at radius 2 is 1.86 bits per heavy atom. The van der Waals surface area contributed by atoms with E-state index in [-0.39, 0.29) is 0 Å². The second-order valence-corrected chi connectivity index (χ2v) is 10.5. The molecule has 0 amide bonds. The van der Waals surface area contributed by atoms with Gasteiger partial charge in [0.15, 0.2) is 5.49 Å². The van der Waals surface area contributed by atoms with Crippen LogP contribution in [0.2, 0.25) is 0 Å². The molecule has 186 valence electrons. The molecule has 7 nitrogen and oxygen atoms in total. The van der Waals surface area contributed by atoms with Crippen molar-refractivity contribution in [1.29, 1.82) is 0 Å². The number of H-pyrrole nitrogens is 1. The monoisotopic (exact) mass is 474 g/mol. The fourth-order valence-electron chi connectivity index (χ4n) is 5.78. The minimum atomic E-state index is 0.325. The summed E-state index contributed by atoms with van der Waals surface area (Å²) >= 11 is 0. The molecule has 1 aliphatic heterocycles. The molecule has 0 spiro atoms. The second-order valence-electron chi connectivity index (χ2n) is 10.5. The Morgan fingerprint density at radius 3 is 2.46 bits per heavy atom. The first kappa shape index (κ1) is 23.9. The zero-order valence-electron chi connectivity index (χ0n) is 21.7. The van der Waals surface area contributed by atoms with Gasteiger partial charge < -0.3 is 15.0 Å². The molecular formula is C28H38N6O. The zero-order chi connectivity index (χ0) is 24.7. The van der Waals surface area contributed by atoms with Gasteiger partial charge in [0, 0.05) is 48.7 Å². The van der Waals surface area contributed by atoms with Crippen molar-refractivity contribution in [1.82, 2.24) is 20.0 Å². The number of pyridine rings is 2. The summed E-state index contributed by atoms with van der Waals surface area (Å²) in [6.07, 6.45) is 6.82. The van der Waals surface area contributed by atoms with Crippen molar-refractivity contribution in [2.75, 3.05) is 20.3 Å². The maximum atomic E-state index is 5.32. The molecule has 1 saturated heterocycles. The molecule has 1 saturated carbocycles. The van der Waals surface area contributed by atoms with E-state index in [1.807, 2.05) is 6.20 Å². The van der Waals surface area contributed by atoms with Gasteiger partial charge in [-0.1, -0.05) is 13.8 Å². The molecule has 5 rings (SSSR count). The van der Waals surface area contributed by atoms with Crippen molar-refractivity contribution < 1.29 is 4.74 Å². The van der Waals surface area contributed by atoms with Gasteiger partial charge in [0.1, 0.15) is 0 Å². The van der Waals surface area contributed by atoms with E-state index < -0.39 is 0 Å². The van der Waals surface area contributed by atoms with Crippen molar-refractivity contribution in [3.8, 4) is 11.3 Å². The van der Waals surface area contributed by atoms with Gasteiger partial charge in [-0.05, 0) is 68.7 Å². The number of nitrogens with one attached hydrogen (secondary N) is 2. The first-order valence-corrected chi connectivity index (χ1v) is 12.9. The number of fused-ring (bicyclic) bond motifs is 1. The highest BCUT2D eigenvalue weighted by molar-refractivity contribution is 5.89. The Balaban J connectivity index is 1.51. The lowest BCUT2D eigenvalue weighted by atomic mass is 9.83. The highest BCUT2D eigenvalue weighted by Crippen LogP contribution is 2.38. The van der Waals surface area contributed by atoms with E-state index in [4.69, 9.17) is 9.72 Å². The van der Waals surface area contributed by atoms with Gasteiger partial charge in [-0.25, -0.2) is 4.68 Å². The summed E-state index contributed by atoms with van der Waals surface area (Å²) < 4.78 is 7.09. The maximum absolute atomic E-state index is 5.32. The van der Waals surface area contributed by atoms with Crippen LogP contribution in [0.5, 0.6) is 0 Å². The molecule has 7 heteroatoms. The summed E-state index contributed by atoms with van der Waals surface area (Å²) in [6.45, 7) is 14.2. The summed E-state index contributed by atoms with van der Waals surface area (Å²) in [6, 6.07) is 5.62. The lowest BCUT2D eigenvalue weighted by Crippen LogP contribution is -2.51. The molecular weight excluding hydrogens is 436 g/mol. The second kappa shape index (κ2) is 9.70. The lowest BCUT2D eigenvalue weighted by Gasteiger charge is -2.35. The largest absolute Gasteiger partial charge is 0.378 e. The Bertz CT molecular complexity index is 1310. The van der Waals surface area contributed by atoms with Crippen molar-refractivity contribution in [2.45, 2.75) is 77.3 Å². The van der Waals surface area contributed by atoms with Crippen LogP contribution < -0.4 is 10.8 Å². The summed E-state index contributed by atoms with van der Waals surface area (Å²) in [5.74, 6) is 0.849. The molecule has 3 aromatic rings. The molecule has 0 unspecified atom stereocenters. The van der Waals surface area contributed by atoms with Gasteiger partial charge in [-0.3, -0.25) is 9.98 Å². The van der Waals surface area contributed by atoms with Crippen molar-refractivity contribution >= 4 is 17.8 Å². The minimum absolute atomic E-state index is 0.325. The summed E-state index contributed by atoms with van der Waals surface area (Å²) in [5.41, 5.74) is 10.1. The van der Waals surface area contributed by atoms with Crippen LogP contribution >= 0.6 is 0 Å².